The van der Waals surface area contributed by atoms with Gasteiger partial charge in [-0.25, -0.2) is 4.98 Å². The lowest BCUT2D eigenvalue weighted by atomic mass is 9.95. The van der Waals surface area contributed by atoms with E-state index >= 15 is 0 Å². The Labute approximate surface area is 118 Å². The van der Waals surface area contributed by atoms with Crippen molar-refractivity contribution in [1.29, 1.82) is 0 Å². The number of nitrogens with zero attached hydrogens (tertiary/aromatic N) is 1. The molecule has 1 N–H and O–H groups in total. The number of rotatable bonds is 4. The molecule has 4 nitrogen and oxygen atoms in total. The van der Waals surface area contributed by atoms with Crippen molar-refractivity contribution in [3.8, 4) is 11.5 Å². The van der Waals surface area contributed by atoms with Gasteiger partial charge in [-0.2, -0.15) is 0 Å². The topological polar surface area (TPSA) is 55.5 Å². The van der Waals surface area contributed by atoms with Gasteiger partial charge in [-0.05, 0) is 37.8 Å². The maximum atomic E-state index is 9.62. The van der Waals surface area contributed by atoms with Crippen molar-refractivity contribution in [3.05, 3.63) is 42.3 Å². The summed E-state index contributed by atoms with van der Waals surface area (Å²) in [7, 11) is 0. The molecule has 1 saturated carbocycles. The summed E-state index contributed by atoms with van der Waals surface area (Å²) in [5.41, 5.74) is 1.76. The van der Waals surface area contributed by atoms with Crippen LogP contribution in [0.25, 0.3) is 11.5 Å². The van der Waals surface area contributed by atoms with E-state index in [1.54, 1.807) is 6.26 Å². The van der Waals surface area contributed by atoms with Crippen LogP contribution in [0.4, 0.5) is 0 Å². The molecule has 106 valence electrons. The second kappa shape index (κ2) is 6.20. The molecule has 0 bridgehead atoms. The zero-order valence-electron chi connectivity index (χ0n) is 11.4. The lowest BCUT2D eigenvalue weighted by Gasteiger charge is -2.25. The summed E-state index contributed by atoms with van der Waals surface area (Å²) in [6.07, 6.45) is 5.22. The second-order valence-electron chi connectivity index (χ2n) is 5.26. The van der Waals surface area contributed by atoms with Gasteiger partial charge in [0, 0.05) is 5.56 Å². The van der Waals surface area contributed by atoms with Gasteiger partial charge in [0.2, 0.25) is 5.89 Å². The van der Waals surface area contributed by atoms with Crippen molar-refractivity contribution in [3.63, 3.8) is 0 Å². The highest BCUT2D eigenvalue weighted by Gasteiger charge is 2.21. The fraction of sp³-hybridized carbons (Fsp3) is 0.438. The van der Waals surface area contributed by atoms with Crippen LogP contribution in [0.1, 0.15) is 31.4 Å². The molecule has 0 aliphatic heterocycles. The highest BCUT2D eigenvalue weighted by Crippen LogP contribution is 2.23. The third kappa shape index (κ3) is 3.26. The minimum absolute atomic E-state index is 0.135. The van der Waals surface area contributed by atoms with E-state index in [0.717, 1.165) is 36.9 Å². The third-order valence-electron chi connectivity index (χ3n) is 3.64. The van der Waals surface area contributed by atoms with Crippen LogP contribution in [0, 0.1) is 0 Å². The van der Waals surface area contributed by atoms with Gasteiger partial charge in [0.25, 0.3) is 0 Å². The first-order valence-electron chi connectivity index (χ1n) is 7.11. The maximum Gasteiger partial charge on any atom is 0.226 e. The first kappa shape index (κ1) is 13.3. The predicted octanol–water partition coefficient (Wildman–Crippen LogP) is 3.16. The Morgan fingerprint density at radius 3 is 2.90 bits per heavy atom. The largest absolute Gasteiger partial charge is 0.444 e. The Hall–Kier alpha value is -1.65. The summed E-state index contributed by atoms with van der Waals surface area (Å²) < 4.78 is 11.3. The van der Waals surface area contributed by atoms with Crippen LogP contribution in [0.15, 0.2) is 41.0 Å². The number of benzene rings is 1. The lowest BCUT2D eigenvalue weighted by Crippen LogP contribution is -2.25. The molecule has 2 atom stereocenters. The lowest BCUT2D eigenvalue weighted by molar-refractivity contribution is -0.0238. The average molecular weight is 273 g/mol. The van der Waals surface area contributed by atoms with Gasteiger partial charge in [0.05, 0.1) is 18.8 Å². The van der Waals surface area contributed by atoms with E-state index in [0.29, 0.717) is 12.5 Å². The van der Waals surface area contributed by atoms with Crippen molar-refractivity contribution < 1.29 is 14.3 Å². The zero-order valence-corrected chi connectivity index (χ0v) is 11.4. The maximum absolute atomic E-state index is 9.62. The number of oxazole rings is 1. The van der Waals surface area contributed by atoms with Crippen LogP contribution in [0.2, 0.25) is 0 Å². The Balaban J connectivity index is 1.58. The molecule has 1 fully saturated rings. The Kier molecular flexibility index (Phi) is 4.14. The first-order valence-corrected chi connectivity index (χ1v) is 7.11. The van der Waals surface area contributed by atoms with E-state index in [9.17, 15) is 5.11 Å². The van der Waals surface area contributed by atoms with Crippen LogP contribution in [-0.4, -0.2) is 22.3 Å². The number of aliphatic hydroxyl groups is 1. The van der Waals surface area contributed by atoms with Gasteiger partial charge in [0.15, 0.2) is 0 Å². The molecule has 1 aromatic heterocycles. The van der Waals surface area contributed by atoms with Gasteiger partial charge in [0.1, 0.15) is 12.0 Å². The number of hydrogen-bond acceptors (Lipinski definition) is 4. The highest BCUT2D eigenvalue weighted by molar-refractivity contribution is 5.52. The van der Waals surface area contributed by atoms with Gasteiger partial charge in [-0.1, -0.05) is 18.2 Å². The van der Waals surface area contributed by atoms with Crippen LogP contribution in [0.5, 0.6) is 0 Å². The van der Waals surface area contributed by atoms with E-state index < -0.39 is 0 Å². The van der Waals surface area contributed by atoms with Gasteiger partial charge in [-0.15, -0.1) is 0 Å². The molecule has 1 heterocycles. The number of aliphatic hydroxyl groups excluding tert-OH is 1. The monoisotopic (exact) mass is 273 g/mol. The van der Waals surface area contributed by atoms with Gasteiger partial charge < -0.3 is 14.3 Å². The average Bonchev–Trinajstić information content (AvgIpc) is 2.95. The first-order chi connectivity index (χ1) is 9.81. The molecule has 0 radical (unpaired) electrons. The van der Waals surface area contributed by atoms with Crippen LogP contribution >= 0.6 is 0 Å². The molecule has 1 aliphatic carbocycles. The molecule has 1 aliphatic rings. The zero-order chi connectivity index (χ0) is 13.8. The quantitative estimate of drug-likeness (QED) is 0.929. The SMILES string of the molecule is O[C@@H]1CCC[C@H](OCc2coc(-c3ccccc3)n2)C1. The third-order valence-corrected chi connectivity index (χ3v) is 3.64. The standard InChI is InChI=1S/C16H19NO3/c18-14-7-4-8-15(9-14)19-10-13-11-20-16(17-13)12-5-2-1-3-6-12/h1-3,5-6,11,14-15,18H,4,7-10H2/t14-,15+/m1/s1. The smallest absolute Gasteiger partial charge is 0.226 e. The summed E-state index contributed by atoms with van der Waals surface area (Å²) in [5.74, 6) is 0.618. The summed E-state index contributed by atoms with van der Waals surface area (Å²) in [6, 6.07) is 9.81. The second-order valence-corrected chi connectivity index (χ2v) is 5.26. The van der Waals surface area contributed by atoms with Crippen molar-refractivity contribution in [2.75, 3.05) is 0 Å². The molecule has 0 unspecified atom stereocenters. The van der Waals surface area contributed by atoms with Crippen LogP contribution < -0.4 is 0 Å². The fourth-order valence-electron chi connectivity index (χ4n) is 2.56. The molecular weight excluding hydrogens is 254 g/mol. The normalized spacial score (nSPS) is 22.9. The van der Waals surface area contributed by atoms with Crippen molar-refractivity contribution in [2.24, 2.45) is 0 Å². The van der Waals surface area contributed by atoms with Crippen molar-refractivity contribution in [2.45, 2.75) is 44.5 Å². The molecule has 0 amide bonds. The molecule has 20 heavy (non-hydrogen) atoms. The van der Waals surface area contributed by atoms with Gasteiger partial charge in [-0.3, -0.25) is 0 Å². The molecule has 0 saturated heterocycles. The van der Waals surface area contributed by atoms with E-state index in [-0.39, 0.29) is 12.2 Å². The summed E-state index contributed by atoms with van der Waals surface area (Å²) >= 11 is 0. The minimum atomic E-state index is -0.217. The van der Waals surface area contributed by atoms with Crippen LogP contribution in [0.3, 0.4) is 0 Å². The van der Waals surface area contributed by atoms with E-state index in [1.165, 1.54) is 0 Å². The molecule has 2 aromatic rings. The van der Waals surface area contributed by atoms with Crippen LogP contribution in [-0.2, 0) is 11.3 Å². The summed E-state index contributed by atoms with van der Waals surface area (Å²) in [5, 5.41) is 9.62. The number of aromatic nitrogens is 1. The highest BCUT2D eigenvalue weighted by atomic mass is 16.5. The summed E-state index contributed by atoms with van der Waals surface area (Å²) in [6.45, 7) is 0.438. The molecule has 0 spiro atoms. The Morgan fingerprint density at radius 2 is 2.10 bits per heavy atom. The predicted molar refractivity (Wildman–Crippen MR) is 75.0 cm³/mol. The molecular formula is C16H19NO3. The van der Waals surface area contributed by atoms with Crippen molar-refractivity contribution in [1.82, 2.24) is 4.98 Å². The minimum Gasteiger partial charge on any atom is -0.444 e. The van der Waals surface area contributed by atoms with Gasteiger partial charge >= 0.3 is 0 Å². The van der Waals surface area contributed by atoms with E-state index in [4.69, 9.17) is 9.15 Å². The molecule has 1 aromatic carbocycles. The summed E-state index contributed by atoms with van der Waals surface area (Å²) in [4.78, 5) is 4.43. The number of ether oxygens (including phenoxy) is 1. The Morgan fingerprint density at radius 1 is 1.25 bits per heavy atom. The van der Waals surface area contributed by atoms with E-state index in [1.807, 2.05) is 30.3 Å². The Bertz CT molecular complexity index is 538. The molecule has 3 rings (SSSR count). The van der Waals surface area contributed by atoms with Crippen molar-refractivity contribution >= 4 is 0 Å². The fourth-order valence-corrected chi connectivity index (χ4v) is 2.56. The van der Waals surface area contributed by atoms with E-state index in [2.05, 4.69) is 4.98 Å². The number of hydrogen-bond donors (Lipinski definition) is 1. The molecule has 4 heteroatoms.